The van der Waals surface area contributed by atoms with E-state index < -0.39 is 11.8 Å². The summed E-state index contributed by atoms with van der Waals surface area (Å²) in [6.07, 6.45) is 0.654. The minimum absolute atomic E-state index is 0.387. The van der Waals surface area contributed by atoms with Gasteiger partial charge in [-0.15, -0.1) is 0 Å². The van der Waals surface area contributed by atoms with Gasteiger partial charge in [0.2, 0.25) is 0 Å². The standard InChI is InChI=1S/C12H15ClN2O3/c1-18-8-4-7-14-11(16)12(17)15-10-6-3-2-5-9(10)13/h2-3,5-6H,4,7-8H2,1H3,(H,14,16)(H,15,17). The van der Waals surface area contributed by atoms with Crippen molar-refractivity contribution in [3.63, 3.8) is 0 Å². The second-order valence-corrected chi connectivity index (χ2v) is 3.94. The predicted molar refractivity (Wildman–Crippen MR) is 69.6 cm³/mol. The Kier molecular flexibility index (Phi) is 6.18. The van der Waals surface area contributed by atoms with E-state index in [0.717, 1.165) is 0 Å². The third kappa shape index (κ3) is 4.73. The van der Waals surface area contributed by atoms with Gasteiger partial charge in [0.15, 0.2) is 0 Å². The van der Waals surface area contributed by atoms with E-state index >= 15 is 0 Å². The molecule has 98 valence electrons. The molecule has 0 aliphatic rings. The summed E-state index contributed by atoms with van der Waals surface area (Å²) in [4.78, 5) is 22.9. The normalized spacial score (nSPS) is 9.89. The second-order valence-electron chi connectivity index (χ2n) is 3.54. The molecule has 0 unspecified atom stereocenters. The highest BCUT2D eigenvalue weighted by Crippen LogP contribution is 2.19. The Balaban J connectivity index is 2.41. The van der Waals surface area contributed by atoms with Crippen molar-refractivity contribution in [3.8, 4) is 0 Å². The molecular formula is C12H15ClN2O3. The molecule has 0 saturated carbocycles. The summed E-state index contributed by atoms with van der Waals surface area (Å²) < 4.78 is 4.83. The summed E-state index contributed by atoms with van der Waals surface area (Å²) in [7, 11) is 1.58. The Labute approximate surface area is 110 Å². The monoisotopic (exact) mass is 270 g/mol. The first kappa shape index (κ1) is 14.5. The fraction of sp³-hybridized carbons (Fsp3) is 0.333. The minimum Gasteiger partial charge on any atom is -0.385 e. The average molecular weight is 271 g/mol. The van der Waals surface area contributed by atoms with E-state index in [0.29, 0.717) is 30.3 Å². The topological polar surface area (TPSA) is 67.4 Å². The molecule has 0 atom stereocenters. The number of rotatable bonds is 5. The van der Waals surface area contributed by atoms with Gasteiger partial charge in [0, 0.05) is 20.3 Å². The van der Waals surface area contributed by atoms with Crippen molar-refractivity contribution < 1.29 is 14.3 Å². The Bertz CT molecular complexity index is 424. The highest BCUT2D eigenvalue weighted by molar-refractivity contribution is 6.41. The molecule has 0 aliphatic heterocycles. The van der Waals surface area contributed by atoms with Crippen LogP contribution in [-0.4, -0.2) is 32.1 Å². The van der Waals surface area contributed by atoms with Crippen LogP contribution >= 0.6 is 11.6 Å². The molecule has 0 fully saturated rings. The van der Waals surface area contributed by atoms with Crippen LogP contribution in [0.1, 0.15) is 6.42 Å². The van der Waals surface area contributed by atoms with Gasteiger partial charge >= 0.3 is 11.8 Å². The molecule has 1 aromatic carbocycles. The van der Waals surface area contributed by atoms with Gasteiger partial charge in [-0.25, -0.2) is 0 Å². The van der Waals surface area contributed by atoms with Crippen molar-refractivity contribution in [1.82, 2.24) is 5.32 Å². The summed E-state index contributed by atoms with van der Waals surface area (Å²) in [5.74, 6) is -1.42. The molecule has 2 amide bonds. The van der Waals surface area contributed by atoms with Crippen molar-refractivity contribution in [3.05, 3.63) is 29.3 Å². The van der Waals surface area contributed by atoms with E-state index in [-0.39, 0.29) is 0 Å². The van der Waals surface area contributed by atoms with Gasteiger partial charge < -0.3 is 15.4 Å². The van der Waals surface area contributed by atoms with Crippen LogP contribution in [-0.2, 0) is 14.3 Å². The predicted octanol–water partition coefficient (Wildman–Crippen LogP) is 1.43. The van der Waals surface area contributed by atoms with Crippen LogP contribution < -0.4 is 10.6 Å². The Morgan fingerprint density at radius 2 is 2.00 bits per heavy atom. The van der Waals surface area contributed by atoms with Crippen LogP contribution in [0.2, 0.25) is 5.02 Å². The smallest absolute Gasteiger partial charge is 0.313 e. The van der Waals surface area contributed by atoms with Gasteiger partial charge in [-0.2, -0.15) is 0 Å². The van der Waals surface area contributed by atoms with E-state index in [1.165, 1.54) is 0 Å². The third-order valence-electron chi connectivity index (χ3n) is 2.14. The molecule has 0 aliphatic carbocycles. The Morgan fingerprint density at radius 1 is 1.28 bits per heavy atom. The number of carbonyl (C=O) groups excluding carboxylic acids is 2. The first-order valence-electron chi connectivity index (χ1n) is 5.48. The van der Waals surface area contributed by atoms with Crippen LogP contribution in [0.25, 0.3) is 0 Å². The van der Waals surface area contributed by atoms with E-state index in [1.807, 2.05) is 0 Å². The largest absolute Gasteiger partial charge is 0.385 e. The second kappa shape index (κ2) is 7.68. The van der Waals surface area contributed by atoms with Crippen LogP contribution in [0.4, 0.5) is 5.69 Å². The average Bonchev–Trinajstić information content (AvgIpc) is 2.37. The molecule has 1 aromatic rings. The van der Waals surface area contributed by atoms with Crippen molar-refractivity contribution in [1.29, 1.82) is 0 Å². The number of hydrogen-bond acceptors (Lipinski definition) is 3. The number of methoxy groups -OCH3 is 1. The van der Waals surface area contributed by atoms with Crippen LogP contribution in [0.5, 0.6) is 0 Å². The zero-order valence-electron chi connectivity index (χ0n) is 10.0. The van der Waals surface area contributed by atoms with Crippen molar-refractivity contribution >= 4 is 29.1 Å². The lowest BCUT2D eigenvalue weighted by Gasteiger charge is -2.07. The van der Waals surface area contributed by atoms with E-state index in [1.54, 1.807) is 31.4 Å². The number of anilines is 1. The van der Waals surface area contributed by atoms with Crippen LogP contribution in [0.3, 0.4) is 0 Å². The fourth-order valence-corrected chi connectivity index (χ4v) is 1.42. The Hall–Kier alpha value is -1.59. The number of carbonyl (C=O) groups is 2. The molecule has 5 nitrogen and oxygen atoms in total. The first-order valence-corrected chi connectivity index (χ1v) is 5.85. The van der Waals surface area contributed by atoms with Gasteiger partial charge in [0.05, 0.1) is 10.7 Å². The molecule has 0 heterocycles. The number of halogens is 1. The van der Waals surface area contributed by atoms with Gasteiger partial charge in [-0.1, -0.05) is 23.7 Å². The van der Waals surface area contributed by atoms with Crippen molar-refractivity contribution in [2.75, 3.05) is 25.6 Å². The van der Waals surface area contributed by atoms with Crippen molar-refractivity contribution in [2.45, 2.75) is 6.42 Å². The molecule has 0 aromatic heterocycles. The maximum atomic E-state index is 11.5. The highest BCUT2D eigenvalue weighted by Gasteiger charge is 2.13. The van der Waals surface area contributed by atoms with Crippen molar-refractivity contribution in [2.24, 2.45) is 0 Å². The third-order valence-corrected chi connectivity index (χ3v) is 2.47. The van der Waals surface area contributed by atoms with Gasteiger partial charge in [-0.05, 0) is 18.6 Å². The van der Waals surface area contributed by atoms with Gasteiger partial charge in [0.1, 0.15) is 0 Å². The number of para-hydroxylation sites is 1. The number of hydrogen-bond donors (Lipinski definition) is 2. The van der Waals surface area contributed by atoms with E-state index in [9.17, 15) is 9.59 Å². The number of ether oxygens (including phenoxy) is 1. The maximum Gasteiger partial charge on any atom is 0.313 e. The summed E-state index contributed by atoms with van der Waals surface area (Å²) >= 11 is 5.86. The number of benzene rings is 1. The highest BCUT2D eigenvalue weighted by atomic mass is 35.5. The molecule has 0 bridgehead atoms. The SMILES string of the molecule is COCCCNC(=O)C(=O)Nc1ccccc1Cl. The lowest BCUT2D eigenvalue weighted by molar-refractivity contribution is -0.136. The van der Waals surface area contributed by atoms with Crippen LogP contribution in [0.15, 0.2) is 24.3 Å². The molecule has 18 heavy (non-hydrogen) atoms. The van der Waals surface area contributed by atoms with Gasteiger partial charge in [-0.3, -0.25) is 9.59 Å². The molecule has 2 N–H and O–H groups in total. The summed E-state index contributed by atoms with van der Waals surface area (Å²) in [5.41, 5.74) is 0.413. The first-order chi connectivity index (χ1) is 8.65. The quantitative estimate of drug-likeness (QED) is 0.628. The van der Waals surface area contributed by atoms with E-state index in [2.05, 4.69) is 10.6 Å². The van der Waals surface area contributed by atoms with E-state index in [4.69, 9.17) is 16.3 Å². The number of amides is 2. The summed E-state index contributed by atoms with van der Waals surface area (Å²) in [5, 5.41) is 5.31. The van der Waals surface area contributed by atoms with Crippen LogP contribution in [0, 0.1) is 0 Å². The molecular weight excluding hydrogens is 256 g/mol. The molecule has 0 spiro atoms. The molecule has 6 heteroatoms. The molecule has 0 radical (unpaired) electrons. The van der Waals surface area contributed by atoms with Gasteiger partial charge in [0.25, 0.3) is 0 Å². The lowest BCUT2D eigenvalue weighted by Crippen LogP contribution is -2.36. The summed E-state index contributed by atoms with van der Waals surface area (Å²) in [6.45, 7) is 0.926. The lowest BCUT2D eigenvalue weighted by atomic mass is 10.3. The maximum absolute atomic E-state index is 11.5. The zero-order valence-corrected chi connectivity index (χ0v) is 10.8. The summed E-state index contributed by atoms with van der Waals surface area (Å²) in [6, 6.07) is 6.72. The number of nitrogens with one attached hydrogen (secondary N) is 2. The Morgan fingerprint density at radius 3 is 2.67 bits per heavy atom. The zero-order chi connectivity index (χ0) is 13.4. The fourth-order valence-electron chi connectivity index (χ4n) is 1.24. The molecule has 0 saturated heterocycles. The molecule has 1 rings (SSSR count). The minimum atomic E-state index is -0.736.